The molecule has 0 unspecified atom stereocenters. The Kier molecular flexibility index (Phi) is 8.21. The van der Waals surface area contributed by atoms with Crippen LogP contribution in [0.5, 0.6) is 28.7 Å². The summed E-state index contributed by atoms with van der Waals surface area (Å²) in [5.74, 6) is 3.05. The van der Waals surface area contributed by atoms with Crippen molar-refractivity contribution in [3.8, 4) is 39.9 Å². The first kappa shape index (κ1) is 25.5. The normalized spacial score (nSPS) is 10.5. The van der Waals surface area contributed by atoms with Crippen molar-refractivity contribution in [1.82, 2.24) is 0 Å². The lowest BCUT2D eigenvalue weighted by molar-refractivity contribution is 0.111. The molecule has 0 atom stereocenters. The van der Waals surface area contributed by atoms with Crippen LogP contribution in [-0.2, 0) is 12.8 Å². The number of rotatable bonds is 11. The summed E-state index contributed by atoms with van der Waals surface area (Å²) in [6.07, 6.45) is 3.10. The van der Waals surface area contributed by atoms with Gasteiger partial charge < -0.3 is 18.9 Å². The van der Waals surface area contributed by atoms with Crippen LogP contribution >= 0.6 is 0 Å². The van der Waals surface area contributed by atoms with Crippen LogP contribution in [0.25, 0.3) is 11.1 Å². The fraction of sp³-hybridized carbons (Fsp3) is 0.161. The summed E-state index contributed by atoms with van der Waals surface area (Å²) in [6.45, 7) is 0. The second kappa shape index (κ2) is 11.9. The number of benzene rings is 4. The van der Waals surface area contributed by atoms with Crippen LogP contribution in [-0.4, -0.2) is 33.9 Å². The van der Waals surface area contributed by atoms with Crippen LogP contribution in [0.4, 0.5) is 0 Å². The maximum Gasteiger partial charge on any atom is 0.169 e. The molecule has 0 aliphatic carbocycles. The molecule has 6 heteroatoms. The minimum absolute atomic E-state index is 0.476. The van der Waals surface area contributed by atoms with Gasteiger partial charge in [-0.05, 0) is 78.1 Å². The van der Waals surface area contributed by atoms with Gasteiger partial charge in [-0.1, -0.05) is 30.3 Å². The second-order valence-corrected chi connectivity index (χ2v) is 8.34. The molecule has 0 heterocycles. The summed E-state index contributed by atoms with van der Waals surface area (Å²) in [4.78, 5) is 22.9. The van der Waals surface area contributed by atoms with Crippen molar-refractivity contribution < 1.29 is 28.5 Å². The van der Waals surface area contributed by atoms with Gasteiger partial charge in [-0.2, -0.15) is 0 Å². The molecule has 0 saturated carbocycles. The molecule has 4 rings (SSSR count). The average Bonchev–Trinajstić information content (AvgIpc) is 2.96. The van der Waals surface area contributed by atoms with E-state index in [1.165, 1.54) is 0 Å². The van der Waals surface area contributed by atoms with Crippen molar-refractivity contribution in [2.45, 2.75) is 12.8 Å². The van der Waals surface area contributed by atoms with Crippen LogP contribution in [0, 0.1) is 0 Å². The molecule has 0 aliphatic heterocycles. The molecule has 6 nitrogen and oxygen atoms in total. The maximum absolute atomic E-state index is 11.8. The molecule has 0 spiro atoms. The van der Waals surface area contributed by atoms with Crippen LogP contribution in [0.15, 0.2) is 78.9 Å². The quantitative estimate of drug-likeness (QED) is 0.218. The molecule has 188 valence electrons. The lowest BCUT2D eigenvalue weighted by atomic mass is 9.91. The first-order valence-electron chi connectivity index (χ1n) is 11.8. The molecule has 4 aromatic rings. The van der Waals surface area contributed by atoms with Gasteiger partial charge in [0.25, 0.3) is 0 Å². The highest BCUT2D eigenvalue weighted by Crippen LogP contribution is 2.37. The van der Waals surface area contributed by atoms with Gasteiger partial charge in [0.2, 0.25) is 0 Å². The number of aldehydes is 2. The molecule has 0 saturated heterocycles. The van der Waals surface area contributed by atoms with E-state index in [4.69, 9.17) is 18.9 Å². The highest BCUT2D eigenvalue weighted by atomic mass is 16.5. The summed E-state index contributed by atoms with van der Waals surface area (Å²) in [5.41, 5.74) is 4.94. The summed E-state index contributed by atoms with van der Waals surface area (Å²) < 4.78 is 22.4. The Bertz CT molecular complexity index is 1390. The number of aryl methyl sites for hydroxylation is 2. The summed E-state index contributed by atoms with van der Waals surface area (Å²) in [6, 6.07) is 24.1. The summed E-state index contributed by atoms with van der Waals surface area (Å²) in [7, 11) is 4.80. The van der Waals surface area contributed by atoms with E-state index in [9.17, 15) is 9.59 Å². The zero-order valence-corrected chi connectivity index (χ0v) is 21.0. The van der Waals surface area contributed by atoms with Crippen molar-refractivity contribution in [3.05, 3.63) is 101 Å². The van der Waals surface area contributed by atoms with Gasteiger partial charge in [0.05, 0.1) is 21.3 Å². The molecular formula is C31H28O6. The van der Waals surface area contributed by atoms with Crippen LogP contribution in [0.1, 0.15) is 31.8 Å². The first-order valence-corrected chi connectivity index (χ1v) is 11.8. The second-order valence-electron chi connectivity index (χ2n) is 8.34. The van der Waals surface area contributed by atoms with Gasteiger partial charge in [0, 0.05) is 16.7 Å². The van der Waals surface area contributed by atoms with Gasteiger partial charge in [-0.15, -0.1) is 0 Å². The molecule has 4 aromatic carbocycles. The molecule has 0 aromatic heterocycles. The van der Waals surface area contributed by atoms with E-state index in [-0.39, 0.29) is 0 Å². The van der Waals surface area contributed by atoms with Crippen molar-refractivity contribution in [3.63, 3.8) is 0 Å². The van der Waals surface area contributed by atoms with Crippen LogP contribution < -0.4 is 18.9 Å². The van der Waals surface area contributed by atoms with Crippen LogP contribution in [0.2, 0.25) is 0 Å². The van der Waals surface area contributed by atoms with E-state index >= 15 is 0 Å². The van der Waals surface area contributed by atoms with Gasteiger partial charge in [-0.3, -0.25) is 9.59 Å². The zero-order valence-electron chi connectivity index (χ0n) is 21.0. The molecular weight excluding hydrogens is 468 g/mol. The Balaban J connectivity index is 1.57. The fourth-order valence-corrected chi connectivity index (χ4v) is 4.23. The van der Waals surface area contributed by atoms with Crippen molar-refractivity contribution >= 4 is 12.6 Å². The Labute approximate surface area is 216 Å². The number of ether oxygens (including phenoxy) is 4. The first-order chi connectivity index (χ1) is 18.1. The van der Waals surface area contributed by atoms with Crippen molar-refractivity contribution in [2.24, 2.45) is 0 Å². The summed E-state index contributed by atoms with van der Waals surface area (Å²) in [5, 5.41) is 0. The molecule has 37 heavy (non-hydrogen) atoms. The maximum atomic E-state index is 11.8. The minimum Gasteiger partial charge on any atom is -0.497 e. The predicted octanol–water partition coefficient (Wildman–Crippen LogP) is 6.58. The Morgan fingerprint density at radius 1 is 0.649 bits per heavy atom. The van der Waals surface area contributed by atoms with Gasteiger partial charge in [-0.25, -0.2) is 0 Å². The third-order valence-corrected chi connectivity index (χ3v) is 6.15. The zero-order chi connectivity index (χ0) is 26.2. The third-order valence-electron chi connectivity index (χ3n) is 6.15. The lowest BCUT2D eigenvalue weighted by Gasteiger charge is -2.16. The predicted molar refractivity (Wildman–Crippen MR) is 143 cm³/mol. The van der Waals surface area contributed by atoms with E-state index in [2.05, 4.69) is 0 Å². The minimum atomic E-state index is 0.476. The molecule has 0 N–H and O–H groups in total. The topological polar surface area (TPSA) is 71.1 Å². The Morgan fingerprint density at radius 2 is 1.41 bits per heavy atom. The van der Waals surface area contributed by atoms with E-state index in [1.807, 2.05) is 54.6 Å². The number of hydrogen-bond acceptors (Lipinski definition) is 6. The van der Waals surface area contributed by atoms with Gasteiger partial charge >= 0.3 is 0 Å². The number of carbonyl (C=O) groups is 2. The Hall–Kier alpha value is -4.58. The molecule has 0 fully saturated rings. The fourth-order valence-electron chi connectivity index (χ4n) is 4.23. The number of methoxy groups -OCH3 is 3. The van der Waals surface area contributed by atoms with E-state index in [0.29, 0.717) is 34.1 Å². The van der Waals surface area contributed by atoms with Crippen molar-refractivity contribution in [1.29, 1.82) is 0 Å². The average molecular weight is 497 g/mol. The van der Waals surface area contributed by atoms with Gasteiger partial charge in [0.1, 0.15) is 23.5 Å². The van der Waals surface area contributed by atoms with Crippen molar-refractivity contribution in [2.75, 3.05) is 21.3 Å². The highest BCUT2D eigenvalue weighted by Gasteiger charge is 2.16. The standard InChI is InChI=1S/C31H28O6/c1-34-26-14-15-27(31-24(20-33)5-4-6-29(31)36-3)23(18-26)11-7-21-8-12-25(13-9-21)37-30-17-22(19-32)10-16-28(30)35-2/h4-6,8-10,12-20H,7,11H2,1-3H3. The largest absolute Gasteiger partial charge is 0.497 e. The third kappa shape index (κ3) is 5.81. The van der Waals surface area contributed by atoms with Gasteiger partial charge in [0.15, 0.2) is 17.8 Å². The Morgan fingerprint density at radius 3 is 2.08 bits per heavy atom. The molecule has 0 bridgehead atoms. The monoisotopic (exact) mass is 496 g/mol. The summed E-state index contributed by atoms with van der Waals surface area (Å²) >= 11 is 0. The van der Waals surface area contributed by atoms with Crippen LogP contribution in [0.3, 0.4) is 0 Å². The number of hydrogen-bond donors (Lipinski definition) is 0. The van der Waals surface area contributed by atoms with E-state index in [0.717, 1.165) is 53.4 Å². The smallest absolute Gasteiger partial charge is 0.169 e. The highest BCUT2D eigenvalue weighted by molar-refractivity contribution is 5.91. The molecule has 0 aliphatic rings. The lowest BCUT2D eigenvalue weighted by Crippen LogP contribution is -2.00. The van der Waals surface area contributed by atoms with E-state index < -0.39 is 0 Å². The molecule has 0 amide bonds. The number of carbonyl (C=O) groups excluding carboxylic acids is 2. The SMILES string of the molecule is COc1ccc(-c2c(C=O)cccc2OC)c(CCc2ccc(Oc3cc(C=O)ccc3OC)cc2)c1. The van der Waals surface area contributed by atoms with E-state index in [1.54, 1.807) is 45.6 Å². The molecule has 0 radical (unpaired) electrons.